The van der Waals surface area contributed by atoms with Crippen LogP contribution in [0, 0.1) is 5.82 Å². The standard InChI is InChI=1S/C18H18FN5O/c19-14-3-1-2-12(10-14)17-22-18(25-23-17)13-4-5-16(21-11-13)24-8-6-15(20)7-9-24/h1-5,10-11,15H,6-9,20H2. The normalized spacial score (nSPS) is 15.5. The van der Waals surface area contributed by atoms with Gasteiger partial charge in [-0.1, -0.05) is 17.3 Å². The highest BCUT2D eigenvalue weighted by Gasteiger charge is 2.18. The molecule has 1 aromatic carbocycles. The lowest BCUT2D eigenvalue weighted by atomic mass is 10.1. The van der Waals surface area contributed by atoms with Gasteiger partial charge in [0.1, 0.15) is 11.6 Å². The first-order chi connectivity index (χ1) is 12.2. The number of hydrogen-bond acceptors (Lipinski definition) is 6. The predicted molar refractivity (Wildman–Crippen MR) is 92.3 cm³/mol. The molecule has 128 valence electrons. The Morgan fingerprint density at radius 2 is 1.96 bits per heavy atom. The molecule has 0 atom stereocenters. The SMILES string of the molecule is NC1CCN(c2ccc(-c3nc(-c4cccc(F)c4)no3)cn2)CC1. The van der Waals surface area contributed by atoms with E-state index in [-0.39, 0.29) is 11.9 Å². The summed E-state index contributed by atoms with van der Waals surface area (Å²) in [5, 5.41) is 3.92. The van der Waals surface area contributed by atoms with Crippen LogP contribution >= 0.6 is 0 Å². The molecule has 0 saturated carbocycles. The molecule has 2 aromatic heterocycles. The van der Waals surface area contributed by atoms with Crippen LogP contribution in [0.4, 0.5) is 10.2 Å². The second kappa shape index (κ2) is 6.60. The summed E-state index contributed by atoms with van der Waals surface area (Å²) in [5.74, 6) is 1.29. The van der Waals surface area contributed by atoms with Crippen LogP contribution in [-0.2, 0) is 0 Å². The summed E-state index contributed by atoms with van der Waals surface area (Å²) < 4.78 is 18.6. The molecule has 1 saturated heterocycles. The molecule has 7 heteroatoms. The molecule has 0 spiro atoms. The second-order valence-electron chi connectivity index (χ2n) is 6.16. The molecule has 1 aliphatic heterocycles. The van der Waals surface area contributed by atoms with Crippen LogP contribution in [0.1, 0.15) is 12.8 Å². The van der Waals surface area contributed by atoms with Gasteiger partial charge in [-0.05, 0) is 37.1 Å². The van der Waals surface area contributed by atoms with Gasteiger partial charge in [-0.3, -0.25) is 0 Å². The third kappa shape index (κ3) is 3.36. The van der Waals surface area contributed by atoms with Crippen molar-refractivity contribution in [3.8, 4) is 22.8 Å². The monoisotopic (exact) mass is 339 g/mol. The predicted octanol–water partition coefficient (Wildman–Crippen LogP) is 2.87. The Bertz CT molecular complexity index is 856. The van der Waals surface area contributed by atoms with Gasteiger partial charge in [-0.25, -0.2) is 9.37 Å². The molecule has 1 aliphatic rings. The van der Waals surface area contributed by atoms with E-state index in [1.54, 1.807) is 18.3 Å². The molecule has 6 nitrogen and oxygen atoms in total. The maximum Gasteiger partial charge on any atom is 0.259 e. The fraction of sp³-hybridized carbons (Fsp3) is 0.278. The van der Waals surface area contributed by atoms with Crippen LogP contribution in [0.3, 0.4) is 0 Å². The summed E-state index contributed by atoms with van der Waals surface area (Å²) >= 11 is 0. The largest absolute Gasteiger partial charge is 0.357 e. The molecule has 0 radical (unpaired) electrons. The van der Waals surface area contributed by atoms with Crippen LogP contribution in [0.5, 0.6) is 0 Å². The highest BCUT2D eigenvalue weighted by Crippen LogP contribution is 2.24. The van der Waals surface area contributed by atoms with Gasteiger partial charge >= 0.3 is 0 Å². The molecule has 3 heterocycles. The van der Waals surface area contributed by atoms with Crippen LogP contribution in [-0.4, -0.2) is 34.3 Å². The van der Waals surface area contributed by atoms with Crippen molar-refractivity contribution in [3.63, 3.8) is 0 Å². The quantitative estimate of drug-likeness (QED) is 0.790. The van der Waals surface area contributed by atoms with Crippen molar-refractivity contribution < 1.29 is 8.91 Å². The molecule has 1 fully saturated rings. The second-order valence-corrected chi connectivity index (χ2v) is 6.16. The average molecular weight is 339 g/mol. The number of pyridine rings is 1. The third-order valence-corrected chi connectivity index (χ3v) is 4.37. The number of anilines is 1. The zero-order valence-electron chi connectivity index (χ0n) is 13.6. The van der Waals surface area contributed by atoms with E-state index in [0.717, 1.165) is 37.3 Å². The van der Waals surface area contributed by atoms with Crippen LogP contribution in [0.25, 0.3) is 22.8 Å². The minimum atomic E-state index is -0.337. The number of hydrogen-bond donors (Lipinski definition) is 1. The van der Waals surface area contributed by atoms with E-state index >= 15 is 0 Å². The zero-order valence-corrected chi connectivity index (χ0v) is 13.6. The highest BCUT2D eigenvalue weighted by molar-refractivity contribution is 5.60. The molecule has 0 bridgehead atoms. The number of aromatic nitrogens is 3. The Balaban J connectivity index is 1.53. The minimum Gasteiger partial charge on any atom is -0.357 e. The first-order valence-electron chi connectivity index (χ1n) is 8.25. The Hall–Kier alpha value is -2.80. The van der Waals surface area contributed by atoms with Gasteiger partial charge in [0, 0.05) is 30.9 Å². The Morgan fingerprint density at radius 1 is 1.12 bits per heavy atom. The summed E-state index contributed by atoms with van der Waals surface area (Å²) in [7, 11) is 0. The van der Waals surface area contributed by atoms with E-state index in [2.05, 4.69) is 20.0 Å². The molecule has 0 aliphatic carbocycles. The molecule has 0 unspecified atom stereocenters. The molecule has 25 heavy (non-hydrogen) atoms. The van der Waals surface area contributed by atoms with E-state index < -0.39 is 0 Å². The summed E-state index contributed by atoms with van der Waals surface area (Å²) in [4.78, 5) is 11.0. The lowest BCUT2D eigenvalue weighted by Gasteiger charge is -2.31. The molecule has 4 rings (SSSR count). The van der Waals surface area contributed by atoms with Gasteiger partial charge in [0.2, 0.25) is 5.82 Å². The number of nitrogens with two attached hydrogens (primary N) is 1. The first-order valence-corrected chi connectivity index (χ1v) is 8.25. The zero-order chi connectivity index (χ0) is 17.2. The van der Waals surface area contributed by atoms with Crippen molar-refractivity contribution in [1.29, 1.82) is 0 Å². The maximum atomic E-state index is 13.3. The number of rotatable bonds is 3. The minimum absolute atomic E-state index is 0.287. The molecule has 0 amide bonds. The number of piperidine rings is 1. The summed E-state index contributed by atoms with van der Waals surface area (Å²) in [5.41, 5.74) is 7.24. The smallest absolute Gasteiger partial charge is 0.259 e. The van der Waals surface area contributed by atoms with E-state index in [1.807, 2.05) is 12.1 Å². The van der Waals surface area contributed by atoms with Crippen LogP contribution in [0.2, 0.25) is 0 Å². The van der Waals surface area contributed by atoms with Gasteiger partial charge in [0.15, 0.2) is 0 Å². The van der Waals surface area contributed by atoms with Crippen molar-refractivity contribution in [2.24, 2.45) is 5.73 Å². The van der Waals surface area contributed by atoms with Crippen molar-refractivity contribution in [3.05, 3.63) is 48.4 Å². The van der Waals surface area contributed by atoms with E-state index in [4.69, 9.17) is 10.3 Å². The van der Waals surface area contributed by atoms with Gasteiger partial charge in [-0.2, -0.15) is 4.98 Å². The lowest BCUT2D eigenvalue weighted by molar-refractivity contribution is 0.432. The fourth-order valence-electron chi connectivity index (χ4n) is 2.91. The van der Waals surface area contributed by atoms with Crippen molar-refractivity contribution in [2.45, 2.75) is 18.9 Å². The number of halogens is 1. The van der Waals surface area contributed by atoms with Gasteiger partial charge < -0.3 is 15.2 Å². The topological polar surface area (TPSA) is 81.1 Å². The average Bonchev–Trinajstić information content (AvgIpc) is 3.13. The maximum absolute atomic E-state index is 13.3. The summed E-state index contributed by atoms with van der Waals surface area (Å²) in [6.07, 6.45) is 3.67. The Kier molecular flexibility index (Phi) is 4.15. The van der Waals surface area contributed by atoms with Crippen molar-refractivity contribution >= 4 is 5.82 Å². The fourth-order valence-corrected chi connectivity index (χ4v) is 2.91. The summed E-state index contributed by atoms with van der Waals surface area (Å²) in [6.45, 7) is 1.83. The lowest BCUT2D eigenvalue weighted by Crippen LogP contribution is -2.40. The molecular weight excluding hydrogens is 321 g/mol. The number of nitrogens with zero attached hydrogens (tertiary/aromatic N) is 4. The molecular formula is C18H18FN5O. The van der Waals surface area contributed by atoms with Crippen molar-refractivity contribution in [1.82, 2.24) is 15.1 Å². The summed E-state index contributed by atoms with van der Waals surface area (Å²) in [6, 6.07) is 10.2. The Labute approximate surface area is 144 Å². The number of benzene rings is 1. The van der Waals surface area contributed by atoms with E-state index in [9.17, 15) is 4.39 Å². The molecule has 3 aromatic rings. The van der Waals surface area contributed by atoms with E-state index in [0.29, 0.717) is 17.3 Å². The van der Waals surface area contributed by atoms with Crippen LogP contribution in [0.15, 0.2) is 47.1 Å². The third-order valence-electron chi connectivity index (χ3n) is 4.37. The highest BCUT2D eigenvalue weighted by atomic mass is 19.1. The van der Waals surface area contributed by atoms with Gasteiger partial charge in [-0.15, -0.1) is 0 Å². The van der Waals surface area contributed by atoms with Gasteiger partial charge in [0.05, 0.1) is 5.56 Å². The van der Waals surface area contributed by atoms with Crippen molar-refractivity contribution in [2.75, 3.05) is 18.0 Å². The first kappa shape index (κ1) is 15.7. The van der Waals surface area contributed by atoms with Gasteiger partial charge in [0.25, 0.3) is 5.89 Å². The molecule has 2 N–H and O–H groups in total. The van der Waals surface area contributed by atoms with E-state index in [1.165, 1.54) is 12.1 Å². The Morgan fingerprint density at radius 3 is 2.68 bits per heavy atom. The van der Waals surface area contributed by atoms with Crippen LogP contribution < -0.4 is 10.6 Å².